The lowest BCUT2D eigenvalue weighted by atomic mass is 10.0. The van der Waals surface area contributed by atoms with Crippen LogP contribution in [0.15, 0.2) is 22.7 Å². The van der Waals surface area contributed by atoms with Crippen molar-refractivity contribution in [3.05, 3.63) is 31.8 Å². The van der Waals surface area contributed by atoms with Crippen LogP contribution in [0.1, 0.15) is 29.6 Å². The zero-order valence-electron chi connectivity index (χ0n) is 10.2. The first kappa shape index (κ1) is 15.2. The molecule has 1 aliphatic rings. The van der Waals surface area contributed by atoms with Crippen molar-refractivity contribution < 1.29 is 4.79 Å². The number of thiocarbonyl (C=S) groups is 1. The van der Waals surface area contributed by atoms with Gasteiger partial charge in [-0.15, -0.1) is 0 Å². The van der Waals surface area contributed by atoms with Gasteiger partial charge < -0.3 is 11.1 Å². The van der Waals surface area contributed by atoms with Crippen molar-refractivity contribution >= 4 is 61.6 Å². The Hall–Kier alpha value is -0.210. The van der Waals surface area contributed by atoms with Gasteiger partial charge in [-0.1, -0.05) is 34.6 Å². The van der Waals surface area contributed by atoms with Crippen molar-refractivity contribution in [2.75, 3.05) is 0 Å². The molecular formula is C13H14BrIN2OS. The number of amides is 1. The summed E-state index contributed by atoms with van der Waals surface area (Å²) in [6.07, 6.45) is 2.97. The normalized spacial score (nSPS) is 22.2. The molecule has 1 aromatic rings. The predicted molar refractivity (Wildman–Crippen MR) is 92.2 cm³/mol. The van der Waals surface area contributed by atoms with E-state index in [2.05, 4.69) is 43.8 Å². The zero-order chi connectivity index (χ0) is 14.0. The van der Waals surface area contributed by atoms with Crippen LogP contribution >= 0.6 is 50.7 Å². The van der Waals surface area contributed by atoms with Crippen LogP contribution in [0.25, 0.3) is 0 Å². The number of halogens is 2. The number of carbonyl (C=O) groups excluding carboxylic acids is 1. The van der Waals surface area contributed by atoms with Gasteiger partial charge in [-0.25, -0.2) is 0 Å². The maximum absolute atomic E-state index is 12.3. The molecule has 6 heteroatoms. The van der Waals surface area contributed by atoms with Gasteiger partial charge in [0.15, 0.2) is 0 Å². The van der Waals surface area contributed by atoms with Crippen LogP contribution in [-0.4, -0.2) is 16.9 Å². The van der Waals surface area contributed by atoms with Crippen LogP contribution in [0.5, 0.6) is 0 Å². The summed E-state index contributed by atoms with van der Waals surface area (Å²) in [7, 11) is 0. The summed E-state index contributed by atoms with van der Waals surface area (Å²) < 4.78 is 1.83. The number of hydrogen-bond acceptors (Lipinski definition) is 2. The Kier molecular flexibility index (Phi) is 5.19. The average molecular weight is 453 g/mol. The van der Waals surface area contributed by atoms with Crippen LogP contribution in [0.3, 0.4) is 0 Å². The van der Waals surface area contributed by atoms with E-state index >= 15 is 0 Å². The van der Waals surface area contributed by atoms with E-state index in [1.165, 1.54) is 0 Å². The maximum Gasteiger partial charge on any atom is 0.252 e. The van der Waals surface area contributed by atoms with Crippen molar-refractivity contribution in [3.63, 3.8) is 0 Å². The van der Waals surface area contributed by atoms with E-state index in [9.17, 15) is 4.79 Å². The Balaban J connectivity index is 2.12. The molecule has 1 saturated carbocycles. The number of nitrogens with two attached hydrogens (primary N) is 1. The van der Waals surface area contributed by atoms with Gasteiger partial charge in [-0.05, 0) is 53.6 Å². The third kappa shape index (κ3) is 3.66. The van der Waals surface area contributed by atoms with Gasteiger partial charge in [-0.2, -0.15) is 0 Å². The van der Waals surface area contributed by atoms with E-state index in [0.29, 0.717) is 10.6 Å². The highest BCUT2D eigenvalue weighted by Crippen LogP contribution is 2.27. The molecule has 3 N–H and O–H groups in total. The van der Waals surface area contributed by atoms with Gasteiger partial charge in [-0.3, -0.25) is 4.79 Å². The van der Waals surface area contributed by atoms with Gasteiger partial charge >= 0.3 is 0 Å². The van der Waals surface area contributed by atoms with Gasteiger partial charge in [0.2, 0.25) is 0 Å². The molecule has 0 bridgehead atoms. The van der Waals surface area contributed by atoms with Crippen LogP contribution in [0.2, 0.25) is 0 Å². The van der Waals surface area contributed by atoms with E-state index in [-0.39, 0.29) is 17.9 Å². The fourth-order valence-electron chi connectivity index (χ4n) is 2.39. The third-order valence-electron chi connectivity index (χ3n) is 3.37. The molecule has 19 heavy (non-hydrogen) atoms. The van der Waals surface area contributed by atoms with Gasteiger partial charge in [0.05, 0.1) is 10.6 Å². The van der Waals surface area contributed by atoms with Crippen LogP contribution in [0, 0.1) is 9.49 Å². The Labute approximate surface area is 140 Å². The standard InChI is InChI=1S/C13H14BrIN2OS/c14-7-4-5-10(15)9(6-7)13(18)17-11-3-1-2-8(11)12(16)19/h4-6,8,11H,1-3H2,(H2,16,19)(H,17,18). The van der Waals surface area contributed by atoms with Gasteiger partial charge in [0.1, 0.15) is 0 Å². The van der Waals surface area contributed by atoms with Crippen molar-refractivity contribution in [2.45, 2.75) is 25.3 Å². The van der Waals surface area contributed by atoms with Crippen LogP contribution in [-0.2, 0) is 0 Å². The highest BCUT2D eigenvalue weighted by Gasteiger charge is 2.31. The molecule has 1 aliphatic carbocycles. The minimum atomic E-state index is -0.0566. The van der Waals surface area contributed by atoms with Crippen molar-refractivity contribution in [2.24, 2.45) is 11.7 Å². The first-order valence-corrected chi connectivity index (χ1v) is 8.32. The Morgan fingerprint density at radius 3 is 2.89 bits per heavy atom. The summed E-state index contributed by atoms with van der Waals surface area (Å²) in [6, 6.07) is 5.74. The average Bonchev–Trinajstić information content (AvgIpc) is 2.80. The molecule has 102 valence electrons. The fraction of sp³-hybridized carbons (Fsp3) is 0.385. The molecular weight excluding hydrogens is 439 g/mol. The molecule has 0 radical (unpaired) electrons. The fourth-order valence-corrected chi connectivity index (χ4v) is 3.61. The van der Waals surface area contributed by atoms with Crippen molar-refractivity contribution in [3.8, 4) is 0 Å². The second-order valence-corrected chi connectivity index (χ2v) is 7.19. The second kappa shape index (κ2) is 6.49. The Morgan fingerprint density at radius 2 is 2.21 bits per heavy atom. The highest BCUT2D eigenvalue weighted by molar-refractivity contribution is 14.1. The highest BCUT2D eigenvalue weighted by atomic mass is 127. The molecule has 0 saturated heterocycles. The summed E-state index contributed by atoms with van der Waals surface area (Å²) in [5, 5.41) is 3.06. The monoisotopic (exact) mass is 452 g/mol. The smallest absolute Gasteiger partial charge is 0.252 e. The van der Waals surface area contributed by atoms with Gasteiger partial charge in [0.25, 0.3) is 5.91 Å². The number of rotatable bonds is 3. The summed E-state index contributed by atoms with van der Waals surface area (Å²) in [4.78, 5) is 12.8. The van der Waals surface area contributed by atoms with E-state index in [4.69, 9.17) is 18.0 Å². The number of benzene rings is 1. The predicted octanol–water partition coefficient (Wildman–Crippen LogP) is 3.24. The first-order valence-electron chi connectivity index (χ1n) is 6.04. The van der Waals surface area contributed by atoms with Crippen molar-refractivity contribution in [1.29, 1.82) is 0 Å². The lowest BCUT2D eigenvalue weighted by Crippen LogP contribution is -2.41. The van der Waals surface area contributed by atoms with Crippen LogP contribution in [0.4, 0.5) is 0 Å². The minimum absolute atomic E-state index is 0.0566. The molecule has 2 rings (SSSR count). The van der Waals surface area contributed by atoms with E-state index in [0.717, 1.165) is 27.3 Å². The molecule has 0 aromatic heterocycles. The summed E-state index contributed by atoms with van der Waals surface area (Å²) in [6.45, 7) is 0. The lowest BCUT2D eigenvalue weighted by Gasteiger charge is -2.20. The number of hydrogen-bond donors (Lipinski definition) is 2. The molecule has 1 fully saturated rings. The van der Waals surface area contributed by atoms with Crippen LogP contribution < -0.4 is 11.1 Å². The SMILES string of the molecule is NC(=S)C1CCCC1NC(=O)c1cc(Br)ccc1I. The van der Waals surface area contributed by atoms with E-state index in [1.54, 1.807) is 0 Å². The number of nitrogens with one attached hydrogen (secondary N) is 1. The Morgan fingerprint density at radius 1 is 1.47 bits per heavy atom. The molecule has 3 nitrogen and oxygen atoms in total. The largest absolute Gasteiger partial charge is 0.393 e. The summed E-state index contributed by atoms with van der Waals surface area (Å²) >= 11 is 10.6. The van der Waals surface area contributed by atoms with E-state index < -0.39 is 0 Å². The molecule has 0 spiro atoms. The quantitative estimate of drug-likeness (QED) is 0.546. The topological polar surface area (TPSA) is 55.1 Å². The number of carbonyl (C=O) groups is 1. The van der Waals surface area contributed by atoms with E-state index in [1.807, 2.05) is 18.2 Å². The summed E-state index contributed by atoms with van der Waals surface area (Å²) in [5.41, 5.74) is 6.41. The molecule has 2 unspecified atom stereocenters. The first-order chi connectivity index (χ1) is 8.99. The molecule has 2 atom stereocenters. The molecule has 1 aromatic carbocycles. The summed E-state index contributed by atoms with van der Waals surface area (Å²) in [5.74, 6) is 0.0719. The molecule has 0 aliphatic heterocycles. The Bertz CT molecular complexity index is 523. The lowest BCUT2D eigenvalue weighted by molar-refractivity contribution is 0.0933. The molecule has 0 heterocycles. The van der Waals surface area contributed by atoms with Crippen molar-refractivity contribution in [1.82, 2.24) is 5.32 Å². The maximum atomic E-state index is 12.3. The zero-order valence-corrected chi connectivity index (χ0v) is 14.7. The third-order valence-corrected chi connectivity index (χ3v) is 5.11. The second-order valence-electron chi connectivity index (χ2n) is 4.64. The minimum Gasteiger partial charge on any atom is -0.393 e. The van der Waals surface area contributed by atoms with Gasteiger partial charge in [0, 0.05) is 20.0 Å². The molecule has 1 amide bonds.